The molecule has 0 spiro atoms. The van der Waals surface area contributed by atoms with Gasteiger partial charge in [-0.15, -0.1) is 0 Å². The van der Waals surface area contributed by atoms with E-state index in [-0.39, 0.29) is 5.78 Å². The highest BCUT2D eigenvalue weighted by atomic mass is 16.5. The van der Waals surface area contributed by atoms with E-state index in [9.17, 15) is 4.79 Å². The molecule has 1 aromatic rings. The molecule has 1 saturated heterocycles. The van der Waals surface area contributed by atoms with Crippen molar-refractivity contribution in [3.05, 3.63) is 29.8 Å². The summed E-state index contributed by atoms with van der Waals surface area (Å²) in [6.07, 6.45) is 3.72. The number of rotatable bonds is 5. The Bertz CT molecular complexity index is 453. The average molecular weight is 289 g/mol. The van der Waals surface area contributed by atoms with Crippen molar-refractivity contribution in [1.29, 1.82) is 0 Å². The monoisotopic (exact) mass is 289 g/mol. The Kier molecular flexibility index (Phi) is 5.80. The van der Waals surface area contributed by atoms with Crippen LogP contribution in [0.3, 0.4) is 0 Å². The molecule has 1 aromatic carbocycles. The Labute approximate surface area is 128 Å². The first-order valence-corrected chi connectivity index (χ1v) is 7.99. The van der Waals surface area contributed by atoms with E-state index in [2.05, 4.69) is 18.7 Å². The van der Waals surface area contributed by atoms with Gasteiger partial charge in [-0.2, -0.15) is 0 Å². The van der Waals surface area contributed by atoms with Crippen LogP contribution < -0.4 is 4.74 Å². The first-order valence-electron chi connectivity index (χ1n) is 7.99. The number of carbonyl (C=O) groups is 1. The highest BCUT2D eigenvalue weighted by Crippen LogP contribution is 2.24. The third-order valence-electron chi connectivity index (χ3n) is 4.59. The molecule has 3 heteroatoms. The molecule has 0 radical (unpaired) electrons. The van der Waals surface area contributed by atoms with E-state index < -0.39 is 0 Å². The number of Topliss-reactive ketones (excluding diaryl/α,β-unsaturated/α-hetero) is 1. The molecule has 1 unspecified atom stereocenters. The standard InChI is InChI=1S/C18H27NO2/c1-14(2)15-5-4-11-19(12-10-15)13-18(20)16-6-8-17(21-3)9-7-16/h6-9,14-15H,4-5,10-13H2,1-3H3. The average Bonchev–Trinajstić information content (AvgIpc) is 2.73. The molecule has 0 N–H and O–H groups in total. The molecule has 1 atom stereocenters. The molecule has 1 aliphatic heterocycles. The summed E-state index contributed by atoms with van der Waals surface area (Å²) in [7, 11) is 1.64. The first-order chi connectivity index (χ1) is 10.1. The number of carbonyl (C=O) groups excluding carboxylic acids is 1. The molecule has 2 rings (SSSR count). The predicted molar refractivity (Wildman–Crippen MR) is 85.9 cm³/mol. The van der Waals surface area contributed by atoms with Crippen molar-refractivity contribution in [1.82, 2.24) is 4.90 Å². The number of methoxy groups -OCH3 is 1. The minimum atomic E-state index is 0.209. The van der Waals surface area contributed by atoms with Crippen molar-refractivity contribution in [2.45, 2.75) is 33.1 Å². The van der Waals surface area contributed by atoms with Crippen molar-refractivity contribution >= 4 is 5.78 Å². The number of ether oxygens (including phenoxy) is 1. The van der Waals surface area contributed by atoms with Gasteiger partial charge in [-0.3, -0.25) is 9.69 Å². The molecular formula is C18H27NO2. The lowest BCUT2D eigenvalue weighted by Gasteiger charge is -2.20. The van der Waals surface area contributed by atoms with Gasteiger partial charge in [-0.05, 0) is 68.5 Å². The lowest BCUT2D eigenvalue weighted by molar-refractivity contribution is 0.0932. The molecular weight excluding hydrogens is 262 g/mol. The number of nitrogens with zero attached hydrogens (tertiary/aromatic N) is 1. The van der Waals surface area contributed by atoms with Crippen LogP contribution in [0.25, 0.3) is 0 Å². The molecule has 116 valence electrons. The number of hydrogen-bond donors (Lipinski definition) is 0. The second kappa shape index (κ2) is 7.60. The van der Waals surface area contributed by atoms with Crippen LogP contribution in [-0.4, -0.2) is 37.4 Å². The first kappa shape index (κ1) is 16.0. The molecule has 1 fully saturated rings. The van der Waals surface area contributed by atoms with Crippen LogP contribution in [0.4, 0.5) is 0 Å². The number of hydrogen-bond acceptors (Lipinski definition) is 3. The minimum absolute atomic E-state index is 0.209. The maximum Gasteiger partial charge on any atom is 0.176 e. The van der Waals surface area contributed by atoms with Gasteiger partial charge >= 0.3 is 0 Å². The van der Waals surface area contributed by atoms with Crippen molar-refractivity contribution in [2.75, 3.05) is 26.7 Å². The van der Waals surface area contributed by atoms with Gasteiger partial charge in [0.05, 0.1) is 13.7 Å². The van der Waals surface area contributed by atoms with Gasteiger partial charge in [0.1, 0.15) is 5.75 Å². The van der Waals surface area contributed by atoms with E-state index in [0.717, 1.165) is 36.2 Å². The largest absolute Gasteiger partial charge is 0.497 e. The highest BCUT2D eigenvalue weighted by molar-refractivity contribution is 5.97. The Morgan fingerprint density at radius 1 is 1.24 bits per heavy atom. The fourth-order valence-electron chi connectivity index (χ4n) is 3.08. The van der Waals surface area contributed by atoms with Crippen molar-refractivity contribution in [2.24, 2.45) is 11.8 Å². The Morgan fingerprint density at radius 2 is 1.95 bits per heavy atom. The molecule has 1 aliphatic rings. The second-order valence-electron chi connectivity index (χ2n) is 6.36. The summed E-state index contributed by atoms with van der Waals surface area (Å²) in [5.41, 5.74) is 0.778. The molecule has 1 heterocycles. The SMILES string of the molecule is COc1ccc(C(=O)CN2CCCC(C(C)C)CC2)cc1. The van der Waals surface area contributed by atoms with Crippen molar-refractivity contribution in [3.63, 3.8) is 0 Å². The van der Waals surface area contributed by atoms with Gasteiger partial charge in [-0.1, -0.05) is 13.8 Å². The van der Waals surface area contributed by atoms with Crippen LogP contribution in [-0.2, 0) is 0 Å². The summed E-state index contributed by atoms with van der Waals surface area (Å²) in [4.78, 5) is 14.7. The maximum absolute atomic E-state index is 12.4. The molecule has 0 amide bonds. The summed E-state index contributed by atoms with van der Waals surface area (Å²) in [6.45, 7) is 7.25. The fourth-order valence-corrected chi connectivity index (χ4v) is 3.08. The van der Waals surface area contributed by atoms with Gasteiger partial charge in [0, 0.05) is 5.56 Å². The summed E-state index contributed by atoms with van der Waals surface area (Å²) in [5.74, 6) is 2.56. The Hall–Kier alpha value is -1.35. The van der Waals surface area contributed by atoms with E-state index in [0.29, 0.717) is 6.54 Å². The molecule has 21 heavy (non-hydrogen) atoms. The lowest BCUT2D eigenvalue weighted by atomic mass is 9.89. The van der Waals surface area contributed by atoms with Gasteiger partial charge < -0.3 is 4.74 Å². The molecule has 0 aromatic heterocycles. The summed E-state index contributed by atoms with van der Waals surface area (Å²) in [6, 6.07) is 7.42. The molecule has 0 aliphatic carbocycles. The van der Waals surface area contributed by atoms with Crippen LogP contribution in [0.15, 0.2) is 24.3 Å². The smallest absolute Gasteiger partial charge is 0.176 e. The van der Waals surface area contributed by atoms with Crippen LogP contribution >= 0.6 is 0 Å². The Morgan fingerprint density at radius 3 is 2.57 bits per heavy atom. The van der Waals surface area contributed by atoms with Crippen LogP contribution in [0.2, 0.25) is 0 Å². The van der Waals surface area contributed by atoms with E-state index in [1.165, 1.54) is 19.3 Å². The zero-order chi connectivity index (χ0) is 15.2. The quantitative estimate of drug-likeness (QED) is 0.775. The van der Waals surface area contributed by atoms with Gasteiger partial charge in [0.2, 0.25) is 0 Å². The van der Waals surface area contributed by atoms with E-state index in [1.54, 1.807) is 7.11 Å². The number of benzene rings is 1. The highest BCUT2D eigenvalue weighted by Gasteiger charge is 2.21. The minimum Gasteiger partial charge on any atom is -0.497 e. The zero-order valence-corrected chi connectivity index (χ0v) is 13.5. The topological polar surface area (TPSA) is 29.5 Å². The number of likely N-dealkylation sites (tertiary alicyclic amines) is 1. The zero-order valence-electron chi connectivity index (χ0n) is 13.5. The molecule has 0 saturated carbocycles. The normalized spacial score (nSPS) is 20.3. The number of ketones is 1. The third kappa shape index (κ3) is 4.57. The third-order valence-corrected chi connectivity index (χ3v) is 4.59. The van der Waals surface area contributed by atoms with Gasteiger partial charge in [0.15, 0.2) is 5.78 Å². The molecule has 0 bridgehead atoms. The van der Waals surface area contributed by atoms with Crippen LogP contribution in [0.1, 0.15) is 43.5 Å². The van der Waals surface area contributed by atoms with Crippen LogP contribution in [0, 0.1) is 11.8 Å². The van der Waals surface area contributed by atoms with E-state index in [4.69, 9.17) is 4.74 Å². The summed E-state index contributed by atoms with van der Waals surface area (Å²) >= 11 is 0. The van der Waals surface area contributed by atoms with Crippen molar-refractivity contribution < 1.29 is 9.53 Å². The predicted octanol–water partition coefficient (Wildman–Crippen LogP) is 3.64. The fraction of sp³-hybridized carbons (Fsp3) is 0.611. The van der Waals surface area contributed by atoms with Crippen LogP contribution in [0.5, 0.6) is 5.75 Å². The molecule has 3 nitrogen and oxygen atoms in total. The second-order valence-corrected chi connectivity index (χ2v) is 6.36. The summed E-state index contributed by atoms with van der Waals surface area (Å²) < 4.78 is 5.13. The van der Waals surface area contributed by atoms with Gasteiger partial charge in [-0.25, -0.2) is 0 Å². The van der Waals surface area contributed by atoms with Gasteiger partial charge in [0.25, 0.3) is 0 Å². The van der Waals surface area contributed by atoms with E-state index in [1.807, 2.05) is 24.3 Å². The lowest BCUT2D eigenvalue weighted by Crippen LogP contribution is -2.31. The Balaban J connectivity index is 1.89. The maximum atomic E-state index is 12.4. The van der Waals surface area contributed by atoms with E-state index >= 15 is 0 Å². The summed E-state index contributed by atoms with van der Waals surface area (Å²) in [5, 5.41) is 0. The van der Waals surface area contributed by atoms with Crippen molar-refractivity contribution in [3.8, 4) is 5.75 Å².